The average molecular weight is 275 g/mol. The van der Waals surface area contributed by atoms with Gasteiger partial charge in [-0.1, -0.05) is 65.1 Å². The Kier molecular flexibility index (Phi) is 4.59. The summed E-state index contributed by atoms with van der Waals surface area (Å²) < 4.78 is 1.48. The lowest BCUT2D eigenvalue weighted by atomic mass is 9.97. The Morgan fingerprint density at radius 3 is 2.00 bits per heavy atom. The molecule has 16 heavy (non-hydrogen) atoms. The van der Waals surface area contributed by atoms with Crippen molar-refractivity contribution >= 4 is 35.3 Å². The van der Waals surface area contributed by atoms with Crippen molar-refractivity contribution in [1.82, 2.24) is 0 Å². The predicted molar refractivity (Wildman–Crippen MR) is 82.7 cm³/mol. The highest BCUT2D eigenvalue weighted by atomic mass is 32.2. The molecule has 0 aromatic heterocycles. The molecule has 1 rings (SSSR count). The van der Waals surface area contributed by atoms with Gasteiger partial charge in [-0.2, -0.15) is 0 Å². The predicted octanol–water partition coefficient (Wildman–Crippen LogP) is 5.93. The first kappa shape index (κ1) is 14.6. The van der Waals surface area contributed by atoms with E-state index in [1.807, 2.05) is 35.3 Å². The third-order valence-corrected chi connectivity index (χ3v) is 6.57. The van der Waals surface area contributed by atoms with Gasteiger partial charge >= 0.3 is 0 Å². The highest BCUT2D eigenvalue weighted by Gasteiger charge is 2.28. The van der Waals surface area contributed by atoms with Gasteiger partial charge in [-0.05, 0) is 22.5 Å². The zero-order valence-corrected chi connectivity index (χ0v) is 13.8. The normalized spacial score (nSPS) is 21.1. The van der Waals surface area contributed by atoms with Crippen molar-refractivity contribution < 1.29 is 0 Å². The van der Waals surface area contributed by atoms with Crippen LogP contribution in [0.2, 0.25) is 0 Å². The smallest absolute Gasteiger partial charge is 0.0590 e. The fourth-order valence-corrected chi connectivity index (χ4v) is 5.76. The summed E-state index contributed by atoms with van der Waals surface area (Å²) in [4.78, 5) is 3.00. The molecular formula is C13H22S3. The van der Waals surface area contributed by atoms with Gasteiger partial charge in [-0.3, -0.25) is 0 Å². The van der Waals surface area contributed by atoms with Gasteiger partial charge in [0, 0.05) is 9.81 Å². The lowest BCUT2D eigenvalue weighted by Gasteiger charge is -2.24. The van der Waals surface area contributed by atoms with Gasteiger partial charge in [0.2, 0.25) is 0 Å². The molecule has 0 saturated carbocycles. The Balaban J connectivity index is 2.93. The molecule has 1 heterocycles. The van der Waals surface area contributed by atoms with Crippen LogP contribution in [0.25, 0.3) is 0 Å². The van der Waals surface area contributed by atoms with Crippen LogP contribution in [0.5, 0.6) is 0 Å². The van der Waals surface area contributed by atoms with E-state index in [-0.39, 0.29) is 10.8 Å². The fourth-order valence-electron chi connectivity index (χ4n) is 1.38. The SMILES string of the molecule is CSC(=C1SC=C(C(C)(C)C)S1)C(C)(C)C. The minimum atomic E-state index is 0.260. The molecule has 92 valence electrons. The molecule has 0 bridgehead atoms. The Hall–Kier alpha value is 0.530. The average Bonchev–Trinajstić information content (AvgIpc) is 2.50. The van der Waals surface area contributed by atoms with Gasteiger partial charge in [-0.25, -0.2) is 0 Å². The van der Waals surface area contributed by atoms with Crippen LogP contribution in [-0.4, -0.2) is 6.26 Å². The number of hydrogen-bond acceptors (Lipinski definition) is 3. The first-order chi connectivity index (χ1) is 7.16. The molecule has 0 nitrogen and oxygen atoms in total. The maximum absolute atomic E-state index is 2.32. The van der Waals surface area contributed by atoms with E-state index in [1.165, 1.54) is 14.0 Å². The molecule has 1 aliphatic rings. The van der Waals surface area contributed by atoms with E-state index in [9.17, 15) is 0 Å². The van der Waals surface area contributed by atoms with Crippen LogP contribution in [0, 0.1) is 10.8 Å². The van der Waals surface area contributed by atoms with E-state index in [1.54, 1.807) is 0 Å². The lowest BCUT2D eigenvalue weighted by molar-refractivity contribution is 0.532. The van der Waals surface area contributed by atoms with E-state index in [4.69, 9.17) is 0 Å². The van der Waals surface area contributed by atoms with Crippen molar-refractivity contribution in [2.75, 3.05) is 6.26 Å². The second-order valence-electron chi connectivity index (χ2n) is 6.02. The van der Waals surface area contributed by atoms with E-state index < -0.39 is 0 Å². The highest BCUT2D eigenvalue weighted by Crippen LogP contribution is 2.55. The molecular weight excluding hydrogens is 252 g/mol. The van der Waals surface area contributed by atoms with Gasteiger partial charge in [0.05, 0.1) is 4.24 Å². The van der Waals surface area contributed by atoms with Crippen molar-refractivity contribution in [3.8, 4) is 0 Å². The summed E-state index contributed by atoms with van der Waals surface area (Å²) in [5.41, 5.74) is 0.538. The standard InChI is InChI=1S/C13H22S3/c1-12(2,3)9-8-15-11(16-9)10(14-7)13(4,5)6/h8H,1-7H3. The summed E-state index contributed by atoms with van der Waals surface area (Å²) in [6.45, 7) is 13.7. The van der Waals surface area contributed by atoms with Crippen molar-refractivity contribution in [3.63, 3.8) is 0 Å². The molecule has 0 aliphatic carbocycles. The van der Waals surface area contributed by atoms with Crippen LogP contribution in [0.15, 0.2) is 19.5 Å². The van der Waals surface area contributed by atoms with Gasteiger partial charge in [0.1, 0.15) is 0 Å². The minimum absolute atomic E-state index is 0.260. The monoisotopic (exact) mass is 274 g/mol. The summed E-state index contributed by atoms with van der Waals surface area (Å²) >= 11 is 5.75. The van der Waals surface area contributed by atoms with Crippen molar-refractivity contribution in [3.05, 3.63) is 19.5 Å². The molecule has 0 aromatic rings. The van der Waals surface area contributed by atoms with Crippen molar-refractivity contribution in [2.45, 2.75) is 41.5 Å². The third kappa shape index (κ3) is 3.51. The summed E-state index contributed by atoms with van der Waals surface area (Å²) in [5, 5.41) is 2.32. The largest absolute Gasteiger partial charge is 0.132 e. The van der Waals surface area contributed by atoms with Crippen LogP contribution < -0.4 is 0 Å². The number of thioether (sulfide) groups is 3. The number of allylic oxidation sites excluding steroid dienone is 2. The molecule has 0 N–H and O–H groups in total. The molecule has 0 radical (unpaired) electrons. The maximum Gasteiger partial charge on any atom is 0.0590 e. The second kappa shape index (κ2) is 5.03. The Bertz CT molecular complexity index is 324. The first-order valence-corrected chi connectivity index (χ1v) is 8.42. The molecule has 0 spiro atoms. The molecule has 0 fully saturated rings. The summed E-state index contributed by atoms with van der Waals surface area (Å²) in [7, 11) is 0. The van der Waals surface area contributed by atoms with E-state index in [2.05, 4.69) is 53.2 Å². The van der Waals surface area contributed by atoms with E-state index in [0.29, 0.717) is 0 Å². The number of rotatable bonds is 1. The van der Waals surface area contributed by atoms with Crippen molar-refractivity contribution in [2.24, 2.45) is 10.8 Å². The molecule has 0 saturated heterocycles. The molecule has 1 aliphatic heterocycles. The van der Waals surface area contributed by atoms with Gasteiger partial charge in [0.15, 0.2) is 0 Å². The van der Waals surface area contributed by atoms with Gasteiger partial charge in [-0.15, -0.1) is 11.8 Å². The van der Waals surface area contributed by atoms with Gasteiger partial charge < -0.3 is 0 Å². The van der Waals surface area contributed by atoms with E-state index in [0.717, 1.165) is 0 Å². The molecule has 0 aromatic carbocycles. The molecule has 3 heteroatoms. The van der Waals surface area contributed by atoms with Crippen LogP contribution in [0.3, 0.4) is 0 Å². The molecule has 0 amide bonds. The van der Waals surface area contributed by atoms with Crippen LogP contribution in [0.1, 0.15) is 41.5 Å². The Labute approximate surface area is 113 Å². The maximum atomic E-state index is 2.32. The minimum Gasteiger partial charge on any atom is -0.132 e. The highest BCUT2D eigenvalue weighted by molar-refractivity contribution is 8.28. The van der Waals surface area contributed by atoms with Gasteiger partial charge in [0.25, 0.3) is 0 Å². The summed E-state index contributed by atoms with van der Waals surface area (Å²) in [6.07, 6.45) is 2.18. The van der Waals surface area contributed by atoms with Crippen molar-refractivity contribution in [1.29, 1.82) is 0 Å². The zero-order valence-electron chi connectivity index (χ0n) is 11.3. The fraction of sp³-hybridized carbons (Fsp3) is 0.692. The summed E-state index contributed by atoms with van der Waals surface area (Å²) in [6, 6.07) is 0. The quantitative estimate of drug-likeness (QED) is 0.581. The molecule has 0 atom stereocenters. The topological polar surface area (TPSA) is 0 Å². The van der Waals surface area contributed by atoms with Crippen LogP contribution in [-0.2, 0) is 0 Å². The first-order valence-electron chi connectivity index (χ1n) is 5.50. The van der Waals surface area contributed by atoms with Crippen LogP contribution in [0.4, 0.5) is 0 Å². The third-order valence-electron chi connectivity index (χ3n) is 2.29. The van der Waals surface area contributed by atoms with E-state index >= 15 is 0 Å². The zero-order chi connectivity index (χ0) is 12.6. The number of hydrogen-bond donors (Lipinski definition) is 0. The Morgan fingerprint density at radius 2 is 1.69 bits per heavy atom. The van der Waals surface area contributed by atoms with Crippen LogP contribution >= 0.6 is 35.3 Å². The molecule has 0 unspecified atom stereocenters. The lowest BCUT2D eigenvalue weighted by Crippen LogP contribution is -2.08. The summed E-state index contributed by atoms with van der Waals surface area (Å²) in [5.74, 6) is 0. The second-order valence-corrected chi connectivity index (χ2v) is 9.03. The Morgan fingerprint density at radius 1 is 1.12 bits per heavy atom.